The van der Waals surface area contributed by atoms with Gasteiger partial charge in [0, 0.05) is 36.8 Å². The highest BCUT2D eigenvalue weighted by Gasteiger charge is 2.25. The van der Waals surface area contributed by atoms with E-state index in [2.05, 4.69) is 42.5 Å². The van der Waals surface area contributed by atoms with Gasteiger partial charge in [0.25, 0.3) is 0 Å². The Balaban J connectivity index is 1.43. The molecule has 1 amide bonds. The third-order valence-corrected chi connectivity index (χ3v) is 5.45. The molecule has 1 atom stereocenters. The van der Waals surface area contributed by atoms with Gasteiger partial charge in [0.1, 0.15) is 0 Å². The van der Waals surface area contributed by atoms with Crippen molar-refractivity contribution < 1.29 is 4.79 Å². The van der Waals surface area contributed by atoms with Crippen LogP contribution in [0, 0.1) is 0 Å². The zero-order valence-corrected chi connectivity index (χ0v) is 16.1. The van der Waals surface area contributed by atoms with Crippen LogP contribution >= 0.6 is 0 Å². The molecule has 2 heterocycles. The van der Waals surface area contributed by atoms with Crippen LogP contribution in [-0.4, -0.2) is 28.9 Å². The van der Waals surface area contributed by atoms with Crippen LogP contribution in [0.5, 0.6) is 0 Å². The fourth-order valence-corrected chi connectivity index (χ4v) is 3.96. The molecule has 1 fully saturated rings. The Bertz CT molecular complexity index is 908. The van der Waals surface area contributed by atoms with E-state index < -0.39 is 0 Å². The molecule has 2 aromatic carbocycles. The lowest BCUT2D eigenvalue weighted by molar-refractivity contribution is -0.131. The third-order valence-electron chi connectivity index (χ3n) is 5.45. The van der Waals surface area contributed by atoms with Gasteiger partial charge in [-0.2, -0.15) is 0 Å². The van der Waals surface area contributed by atoms with Crippen molar-refractivity contribution in [2.24, 2.45) is 0 Å². The highest BCUT2D eigenvalue weighted by molar-refractivity contribution is 5.79. The summed E-state index contributed by atoms with van der Waals surface area (Å²) in [5, 5.41) is 0. The number of benzene rings is 2. The van der Waals surface area contributed by atoms with E-state index in [0.717, 1.165) is 49.3 Å². The first-order valence-corrected chi connectivity index (χ1v) is 10.1. The summed E-state index contributed by atoms with van der Waals surface area (Å²) in [6.07, 6.45) is 3.46. The van der Waals surface area contributed by atoms with Gasteiger partial charge < -0.3 is 4.90 Å². The first kappa shape index (κ1) is 18.4. The van der Waals surface area contributed by atoms with E-state index >= 15 is 0 Å². The standard InChI is InChI=1S/C25H26N2O/c28-25(18-21-11-5-2-6-12-21)27-16-8-13-22(19-27)24-15-7-14-23(26-24)17-20-9-3-1-4-10-20/h1-7,9-12,14-15,22H,8,13,16-19H2. The van der Waals surface area contributed by atoms with Crippen LogP contribution in [0.15, 0.2) is 78.9 Å². The number of pyridine rings is 1. The summed E-state index contributed by atoms with van der Waals surface area (Å²) >= 11 is 0. The Kier molecular flexibility index (Phi) is 5.81. The van der Waals surface area contributed by atoms with Gasteiger partial charge in [-0.1, -0.05) is 66.7 Å². The Labute approximate surface area is 167 Å². The second-order valence-corrected chi connectivity index (χ2v) is 7.56. The normalized spacial score (nSPS) is 16.7. The van der Waals surface area contributed by atoms with Crippen molar-refractivity contribution >= 4 is 5.91 Å². The highest BCUT2D eigenvalue weighted by Crippen LogP contribution is 2.26. The Morgan fingerprint density at radius 1 is 0.893 bits per heavy atom. The summed E-state index contributed by atoms with van der Waals surface area (Å²) < 4.78 is 0. The molecule has 3 nitrogen and oxygen atoms in total. The number of rotatable bonds is 5. The largest absolute Gasteiger partial charge is 0.342 e. The third kappa shape index (κ3) is 4.66. The second kappa shape index (κ2) is 8.83. The van der Waals surface area contributed by atoms with E-state index in [1.807, 2.05) is 41.3 Å². The molecule has 0 spiro atoms. The van der Waals surface area contributed by atoms with Gasteiger partial charge in [-0.25, -0.2) is 0 Å². The molecule has 1 aliphatic heterocycles. The van der Waals surface area contributed by atoms with Crippen molar-refractivity contribution in [3.8, 4) is 0 Å². The van der Waals surface area contributed by atoms with E-state index in [1.54, 1.807) is 0 Å². The molecule has 0 saturated carbocycles. The Hall–Kier alpha value is -2.94. The number of likely N-dealkylation sites (tertiary alicyclic amines) is 1. The summed E-state index contributed by atoms with van der Waals surface area (Å²) in [5.74, 6) is 0.542. The molecule has 3 heteroatoms. The lowest BCUT2D eigenvalue weighted by atomic mass is 9.93. The van der Waals surface area contributed by atoms with Crippen LogP contribution < -0.4 is 0 Å². The number of piperidine rings is 1. The topological polar surface area (TPSA) is 33.2 Å². The quantitative estimate of drug-likeness (QED) is 0.656. The maximum absolute atomic E-state index is 12.8. The summed E-state index contributed by atoms with van der Waals surface area (Å²) in [4.78, 5) is 19.7. The molecule has 0 bridgehead atoms. The average Bonchev–Trinajstić information content (AvgIpc) is 2.75. The molecule has 1 aromatic heterocycles. The summed E-state index contributed by atoms with van der Waals surface area (Å²) in [7, 11) is 0. The zero-order valence-electron chi connectivity index (χ0n) is 16.1. The van der Waals surface area contributed by atoms with Crippen molar-refractivity contribution in [1.82, 2.24) is 9.88 Å². The number of hydrogen-bond donors (Lipinski definition) is 0. The van der Waals surface area contributed by atoms with Gasteiger partial charge in [-0.15, -0.1) is 0 Å². The molecule has 1 saturated heterocycles. The molecule has 3 aromatic rings. The molecule has 0 radical (unpaired) electrons. The SMILES string of the molecule is O=C(Cc1ccccc1)N1CCCC(c2cccc(Cc3ccccc3)n2)C1. The molecule has 0 aliphatic carbocycles. The van der Waals surface area contributed by atoms with Gasteiger partial charge in [-0.05, 0) is 36.1 Å². The molecule has 1 unspecified atom stereocenters. The molecule has 4 rings (SSSR count). The van der Waals surface area contributed by atoms with Crippen LogP contribution in [0.3, 0.4) is 0 Å². The maximum atomic E-state index is 12.8. The van der Waals surface area contributed by atoms with Gasteiger partial charge in [0.2, 0.25) is 5.91 Å². The molecule has 0 N–H and O–H groups in total. The van der Waals surface area contributed by atoms with E-state index in [0.29, 0.717) is 12.3 Å². The first-order valence-electron chi connectivity index (χ1n) is 10.1. The Morgan fingerprint density at radius 3 is 2.36 bits per heavy atom. The van der Waals surface area contributed by atoms with Crippen molar-refractivity contribution in [2.45, 2.75) is 31.6 Å². The summed E-state index contributed by atoms with van der Waals surface area (Å²) in [6, 6.07) is 26.8. The molecule has 142 valence electrons. The minimum atomic E-state index is 0.219. The number of aromatic nitrogens is 1. The smallest absolute Gasteiger partial charge is 0.227 e. The zero-order chi connectivity index (χ0) is 19.2. The lowest BCUT2D eigenvalue weighted by Gasteiger charge is -2.32. The van der Waals surface area contributed by atoms with Crippen LogP contribution in [0.4, 0.5) is 0 Å². The number of carbonyl (C=O) groups excluding carboxylic acids is 1. The van der Waals surface area contributed by atoms with Crippen LogP contribution in [0.25, 0.3) is 0 Å². The summed E-state index contributed by atoms with van der Waals surface area (Å²) in [5.41, 5.74) is 4.56. The predicted octanol–water partition coefficient (Wildman–Crippen LogP) is 4.62. The van der Waals surface area contributed by atoms with Crippen LogP contribution in [0.2, 0.25) is 0 Å². The van der Waals surface area contributed by atoms with Crippen molar-refractivity contribution in [3.05, 3.63) is 101 Å². The number of hydrogen-bond acceptors (Lipinski definition) is 2. The Morgan fingerprint density at radius 2 is 1.61 bits per heavy atom. The van der Waals surface area contributed by atoms with E-state index in [4.69, 9.17) is 4.98 Å². The van der Waals surface area contributed by atoms with Crippen molar-refractivity contribution in [1.29, 1.82) is 0 Å². The number of carbonyl (C=O) groups is 1. The van der Waals surface area contributed by atoms with Crippen LogP contribution in [0.1, 0.15) is 41.3 Å². The first-order chi connectivity index (χ1) is 13.8. The maximum Gasteiger partial charge on any atom is 0.227 e. The van der Waals surface area contributed by atoms with E-state index in [-0.39, 0.29) is 5.91 Å². The van der Waals surface area contributed by atoms with Gasteiger partial charge in [0.15, 0.2) is 0 Å². The number of nitrogens with zero attached hydrogens (tertiary/aromatic N) is 2. The fraction of sp³-hybridized carbons (Fsp3) is 0.280. The van der Waals surface area contributed by atoms with E-state index in [9.17, 15) is 4.79 Å². The molecule has 28 heavy (non-hydrogen) atoms. The van der Waals surface area contributed by atoms with Gasteiger partial charge in [-0.3, -0.25) is 9.78 Å². The van der Waals surface area contributed by atoms with Crippen molar-refractivity contribution in [3.63, 3.8) is 0 Å². The minimum Gasteiger partial charge on any atom is -0.342 e. The van der Waals surface area contributed by atoms with Gasteiger partial charge >= 0.3 is 0 Å². The highest BCUT2D eigenvalue weighted by atomic mass is 16.2. The number of amides is 1. The fourth-order valence-electron chi connectivity index (χ4n) is 3.96. The molecule has 1 aliphatic rings. The molecular formula is C25H26N2O. The van der Waals surface area contributed by atoms with Crippen molar-refractivity contribution in [2.75, 3.05) is 13.1 Å². The summed E-state index contributed by atoms with van der Waals surface area (Å²) in [6.45, 7) is 1.62. The van der Waals surface area contributed by atoms with Gasteiger partial charge in [0.05, 0.1) is 6.42 Å². The lowest BCUT2D eigenvalue weighted by Crippen LogP contribution is -2.40. The second-order valence-electron chi connectivity index (χ2n) is 7.56. The van der Waals surface area contributed by atoms with Crippen LogP contribution in [-0.2, 0) is 17.6 Å². The predicted molar refractivity (Wildman–Crippen MR) is 112 cm³/mol. The minimum absolute atomic E-state index is 0.219. The van der Waals surface area contributed by atoms with E-state index in [1.165, 1.54) is 5.56 Å². The monoisotopic (exact) mass is 370 g/mol. The molecular weight excluding hydrogens is 344 g/mol. The average molecular weight is 370 g/mol.